The minimum atomic E-state index is 0.216. The first-order valence-corrected chi connectivity index (χ1v) is 6.21. The van der Waals surface area contributed by atoms with Crippen molar-refractivity contribution in [2.75, 3.05) is 5.33 Å². The molecule has 13 heavy (non-hydrogen) atoms. The predicted octanol–water partition coefficient (Wildman–Crippen LogP) is 3.57. The number of Topliss-reactive ketones (excluding diaryl/α,β-unsaturated/α-hetero) is 1. The number of carbonyl (C=O) groups excluding carboxylic acids is 1. The van der Waals surface area contributed by atoms with E-state index in [0.29, 0.717) is 6.42 Å². The third kappa shape index (κ3) is 2.77. The van der Waals surface area contributed by atoms with Gasteiger partial charge in [-0.05, 0) is 41.1 Å². The van der Waals surface area contributed by atoms with Crippen molar-refractivity contribution in [1.82, 2.24) is 0 Å². The first kappa shape index (κ1) is 11.2. The Labute approximate surface area is 100 Å². The van der Waals surface area contributed by atoms with E-state index in [-0.39, 0.29) is 5.78 Å². The lowest BCUT2D eigenvalue weighted by Gasteiger charge is -2.04. The summed E-state index contributed by atoms with van der Waals surface area (Å²) in [6.07, 6.45) is 0.570. The van der Waals surface area contributed by atoms with Gasteiger partial charge >= 0.3 is 0 Å². The van der Waals surface area contributed by atoms with Gasteiger partial charge in [0.05, 0.1) is 0 Å². The van der Waals surface area contributed by atoms with Gasteiger partial charge in [-0.1, -0.05) is 28.1 Å². The average Bonchev–Trinajstić information content (AvgIpc) is 2.10. The lowest BCUT2D eigenvalue weighted by atomic mass is 10.0. The van der Waals surface area contributed by atoms with Crippen LogP contribution in [0.25, 0.3) is 0 Å². The van der Waals surface area contributed by atoms with E-state index >= 15 is 0 Å². The summed E-state index contributed by atoms with van der Waals surface area (Å²) in [4.78, 5) is 11.6. The molecule has 0 aromatic heterocycles. The van der Waals surface area contributed by atoms with Gasteiger partial charge in [0.25, 0.3) is 0 Å². The number of alkyl halides is 1. The van der Waals surface area contributed by atoms with E-state index in [1.54, 1.807) is 0 Å². The van der Waals surface area contributed by atoms with Crippen LogP contribution in [0.4, 0.5) is 0 Å². The molecule has 1 rings (SSSR count). The van der Waals surface area contributed by atoms with Crippen LogP contribution < -0.4 is 0 Å². The van der Waals surface area contributed by atoms with E-state index in [2.05, 4.69) is 38.5 Å². The maximum absolute atomic E-state index is 11.6. The van der Waals surface area contributed by atoms with Gasteiger partial charge in [0.2, 0.25) is 0 Å². The van der Waals surface area contributed by atoms with Crippen LogP contribution in [-0.4, -0.2) is 11.1 Å². The zero-order valence-corrected chi connectivity index (χ0v) is 11.1. The quantitative estimate of drug-likeness (QED) is 0.461. The smallest absolute Gasteiger partial charge is 0.164 e. The van der Waals surface area contributed by atoms with Crippen LogP contribution in [0.2, 0.25) is 0 Å². The highest BCUT2D eigenvalue weighted by atomic mass is 127. The molecule has 0 spiro atoms. The van der Waals surface area contributed by atoms with E-state index in [4.69, 9.17) is 0 Å². The fourth-order valence-electron chi connectivity index (χ4n) is 1.13. The summed E-state index contributed by atoms with van der Waals surface area (Å²) in [6.45, 7) is 1.99. The van der Waals surface area contributed by atoms with Gasteiger partial charge < -0.3 is 0 Å². The fraction of sp³-hybridized carbons (Fsp3) is 0.300. The molecule has 0 heterocycles. The van der Waals surface area contributed by atoms with E-state index < -0.39 is 0 Å². The van der Waals surface area contributed by atoms with Gasteiger partial charge in [-0.15, -0.1) is 0 Å². The monoisotopic (exact) mass is 352 g/mol. The third-order valence-electron chi connectivity index (χ3n) is 1.89. The summed E-state index contributed by atoms with van der Waals surface area (Å²) in [5.41, 5.74) is 1.94. The van der Waals surface area contributed by atoms with Crippen molar-refractivity contribution in [2.45, 2.75) is 13.3 Å². The molecule has 0 unspecified atom stereocenters. The van der Waals surface area contributed by atoms with Crippen LogP contribution in [0.1, 0.15) is 22.3 Å². The highest BCUT2D eigenvalue weighted by molar-refractivity contribution is 14.1. The van der Waals surface area contributed by atoms with Crippen molar-refractivity contribution in [3.05, 3.63) is 32.9 Å². The van der Waals surface area contributed by atoms with Crippen LogP contribution in [0.5, 0.6) is 0 Å². The Kier molecular flexibility index (Phi) is 4.38. The van der Waals surface area contributed by atoms with E-state index in [1.807, 2.05) is 25.1 Å². The van der Waals surface area contributed by atoms with Gasteiger partial charge in [-0.3, -0.25) is 4.79 Å². The number of hydrogen-bond acceptors (Lipinski definition) is 1. The Morgan fingerprint density at radius 3 is 2.85 bits per heavy atom. The Morgan fingerprint density at radius 1 is 1.54 bits per heavy atom. The van der Waals surface area contributed by atoms with Crippen molar-refractivity contribution in [2.24, 2.45) is 0 Å². The molecule has 0 aliphatic rings. The molecule has 1 aromatic carbocycles. The molecule has 0 saturated carbocycles. The van der Waals surface area contributed by atoms with Gasteiger partial charge in [0.1, 0.15) is 0 Å². The SMILES string of the molecule is Cc1c(I)cccc1C(=O)CCBr. The van der Waals surface area contributed by atoms with Crippen LogP contribution in [0.15, 0.2) is 18.2 Å². The molecule has 0 amide bonds. The summed E-state index contributed by atoms with van der Waals surface area (Å²) < 4.78 is 1.15. The Hall–Kier alpha value is 0.1000. The molecule has 0 saturated heterocycles. The number of ketones is 1. The second-order valence-corrected chi connectivity index (χ2v) is 4.73. The Balaban J connectivity index is 3.01. The summed E-state index contributed by atoms with van der Waals surface area (Å²) in [5.74, 6) is 0.216. The molecule has 70 valence electrons. The number of carbonyl (C=O) groups is 1. The van der Waals surface area contributed by atoms with Crippen molar-refractivity contribution >= 4 is 44.3 Å². The lowest BCUT2D eigenvalue weighted by Crippen LogP contribution is -2.03. The third-order valence-corrected chi connectivity index (χ3v) is 3.45. The van der Waals surface area contributed by atoms with Gasteiger partial charge in [0, 0.05) is 20.9 Å². The number of hydrogen-bond donors (Lipinski definition) is 0. The van der Waals surface area contributed by atoms with Crippen LogP contribution >= 0.6 is 38.5 Å². The first-order valence-electron chi connectivity index (χ1n) is 4.01. The molecule has 0 atom stereocenters. The first-order chi connectivity index (χ1) is 6.16. The topological polar surface area (TPSA) is 17.1 Å². The molecule has 0 radical (unpaired) electrons. The molecule has 1 nitrogen and oxygen atoms in total. The van der Waals surface area contributed by atoms with Crippen molar-refractivity contribution in [3.63, 3.8) is 0 Å². The average molecular weight is 353 g/mol. The Bertz CT molecular complexity index is 323. The predicted molar refractivity (Wildman–Crippen MR) is 66.6 cm³/mol. The Morgan fingerprint density at radius 2 is 2.23 bits per heavy atom. The molecular weight excluding hydrogens is 343 g/mol. The number of halogens is 2. The van der Waals surface area contributed by atoms with Crippen LogP contribution in [-0.2, 0) is 0 Å². The number of rotatable bonds is 3. The van der Waals surface area contributed by atoms with E-state index in [0.717, 1.165) is 20.0 Å². The second kappa shape index (κ2) is 5.10. The lowest BCUT2D eigenvalue weighted by molar-refractivity contribution is 0.0989. The molecule has 1 aromatic rings. The molecule has 0 fully saturated rings. The fourth-order valence-corrected chi connectivity index (χ4v) is 1.99. The van der Waals surface area contributed by atoms with Crippen molar-refractivity contribution in [1.29, 1.82) is 0 Å². The van der Waals surface area contributed by atoms with Gasteiger partial charge in [-0.2, -0.15) is 0 Å². The van der Waals surface area contributed by atoms with E-state index in [1.165, 1.54) is 0 Å². The molecule has 0 aliphatic carbocycles. The van der Waals surface area contributed by atoms with Crippen LogP contribution in [0.3, 0.4) is 0 Å². The second-order valence-electron chi connectivity index (χ2n) is 2.77. The minimum absolute atomic E-state index is 0.216. The highest BCUT2D eigenvalue weighted by Gasteiger charge is 2.09. The molecule has 0 N–H and O–H groups in total. The standard InChI is InChI=1S/C10H10BrIO/c1-7-8(10(13)5-6-11)3-2-4-9(7)12/h2-4H,5-6H2,1H3. The zero-order chi connectivity index (χ0) is 9.84. The summed E-state index contributed by atoms with van der Waals surface area (Å²) in [7, 11) is 0. The van der Waals surface area contributed by atoms with Crippen molar-refractivity contribution in [3.8, 4) is 0 Å². The van der Waals surface area contributed by atoms with Crippen molar-refractivity contribution < 1.29 is 4.79 Å². The molecule has 3 heteroatoms. The van der Waals surface area contributed by atoms with E-state index in [9.17, 15) is 4.79 Å². The maximum Gasteiger partial charge on any atom is 0.164 e. The summed E-state index contributed by atoms with van der Waals surface area (Å²) in [5, 5.41) is 0.733. The maximum atomic E-state index is 11.6. The van der Waals surface area contributed by atoms with Crippen LogP contribution in [0, 0.1) is 10.5 Å². The van der Waals surface area contributed by atoms with Gasteiger partial charge in [-0.25, -0.2) is 0 Å². The molecule has 0 bridgehead atoms. The summed E-state index contributed by atoms with van der Waals surface area (Å²) in [6, 6.07) is 5.83. The zero-order valence-electron chi connectivity index (χ0n) is 7.31. The number of benzene rings is 1. The summed E-state index contributed by atoms with van der Waals surface area (Å²) >= 11 is 5.52. The molecular formula is C10H10BrIO. The largest absolute Gasteiger partial charge is 0.294 e. The normalized spacial score (nSPS) is 10.1. The molecule has 0 aliphatic heterocycles. The minimum Gasteiger partial charge on any atom is -0.294 e. The van der Waals surface area contributed by atoms with Gasteiger partial charge in [0.15, 0.2) is 5.78 Å². The highest BCUT2D eigenvalue weighted by Crippen LogP contribution is 2.17.